The van der Waals surface area contributed by atoms with Gasteiger partial charge in [0.2, 0.25) is 0 Å². The fourth-order valence-corrected chi connectivity index (χ4v) is 2.40. The van der Waals surface area contributed by atoms with Crippen LogP contribution in [0.4, 0.5) is 0 Å². The van der Waals surface area contributed by atoms with Gasteiger partial charge in [-0.2, -0.15) is 0 Å². The summed E-state index contributed by atoms with van der Waals surface area (Å²) in [4.78, 5) is 11.7. The zero-order chi connectivity index (χ0) is 11.7. The highest BCUT2D eigenvalue weighted by Crippen LogP contribution is 2.38. The van der Waals surface area contributed by atoms with E-state index in [1.54, 1.807) is 6.92 Å². The van der Waals surface area contributed by atoms with Crippen LogP contribution in [0, 0.1) is 5.92 Å². The Balaban J connectivity index is 2.27. The second kappa shape index (κ2) is 4.44. The summed E-state index contributed by atoms with van der Waals surface area (Å²) < 4.78 is 5.01. The summed E-state index contributed by atoms with van der Waals surface area (Å²) in [6, 6.07) is 5.30. The predicted octanol–water partition coefficient (Wildman–Crippen LogP) is 2.08. The highest BCUT2D eigenvalue weighted by atomic mass is 35.5. The fraction of sp³-hybridized carbons (Fsp3) is 0.417. The first-order valence-electron chi connectivity index (χ1n) is 5.34. The first-order valence-corrected chi connectivity index (χ1v) is 5.72. The van der Waals surface area contributed by atoms with Crippen molar-refractivity contribution < 1.29 is 9.53 Å². The van der Waals surface area contributed by atoms with Crippen molar-refractivity contribution in [1.82, 2.24) is 0 Å². The van der Waals surface area contributed by atoms with Gasteiger partial charge in [-0.25, -0.2) is 0 Å². The molecule has 4 heteroatoms. The predicted molar refractivity (Wildman–Crippen MR) is 62.2 cm³/mol. The summed E-state index contributed by atoms with van der Waals surface area (Å²) in [6.07, 6.45) is 0.578. The Hall–Kier alpha value is -1.06. The first-order chi connectivity index (χ1) is 7.65. The maximum atomic E-state index is 11.7. The van der Waals surface area contributed by atoms with Crippen LogP contribution in [0.1, 0.15) is 24.1 Å². The van der Waals surface area contributed by atoms with Gasteiger partial charge in [-0.1, -0.05) is 23.7 Å². The third-order valence-corrected chi connectivity index (χ3v) is 3.32. The van der Waals surface area contributed by atoms with Crippen LogP contribution in [0.15, 0.2) is 18.2 Å². The average molecular weight is 240 g/mol. The number of fused-ring (bicyclic) bond motifs is 1. The van der Waals surface area contributed by atoms with Gasteiger partial charge >= 0.3 is 5.97 Å². The summed E-state index contributed by atoms with van der Waals surface area (Å²) in [5, 5.41) is 0.680. The quantitative estimate of drug-likeness (QED) is 0.804. The first kappa shape index (κ1) is 11.4. The highest BCUT2D eigenvalue weighted by molar-refractivity contribution is 6.31. The maximum absolute atomic E-state index is 11.7. The molecule has 0 aliphatic heterocycles. The standard InChI is InChI=1S/C12H14ClNO2/c1-2-16-12(15)9-6-8-7(11(9)14)4-3-5-10(8)13/h3-5,9,11H,2,6,14H2,1H3. The normalized spacial score (nSPS) is 22.9. The molecule has 1 aromatic carbocycles. The zero-order valence-electron chi connectivity index (χ0n) is 9.07. The van der Waals surface area contributed by atoms with Crippen LogP contribution in [0.3, 0.4) is 0 Å². The molecule has 2 rings (SSSR count). The lowest BCUT2D eigenvalue weighted by molar-refractivity contribution is -0.148. The van der Waals surface area contributed by atoms with E-state index in [1.165, 1.54) is 0 Å². The van der Waals surface area contributed by atoms with E-state index >= 15 is 0 Å². The van der Waals surface area contributed by atoms with E-state index in [2.05, 4.69) is 0 Å². The van der Waals surface area contributed by atoms with Gasteiger partial charge in [0.05, 0.1) is 12.5 Å². The van der Waals surface area contributed by atoms with Crippen molar-refractivity contribution in [2.75, 3.05) is 6.61 Å². The van der Waals surface area contributed by atoms with Crippen molar-refractivity contribution in [1.29, 1.82) is 0 Å². The summed E-state index contributed by atoms with van der Waals surface area (Å²) in [6.45, 7) is 2.17. The van der Waals surface area contributed by atoms with E-state index in [4.69, 9.17) is 22.1 Å². The summed E-state index contributed by atoms with van der Waals surface area (Å²) in [7, 11) is 0. The van der Waals surface area contributed by atoms with Crippen LogP contribution in [0.25, 0.3) is 0 Å². The van der Waals surface area contributed by atoms with Crippen LogP contribution in [-0.2, 0) is 16.0 Å². The van der Waals surface area contributed by atoms with E-state index in [0.717, 1.165) is 11.1 Å². The Kier molecular flexibility index (Phi) is 3.17. The summed E-state index contributed by atoms with van der Waals surface area (Å²) >= 11 is 6.07. The molecule has 0 fully saturated rings. The number of hydrogen-bond acceptors (Lipinski definition) is 3. The van der Waals surface area contributed by atoms with Crippen LogP contribution in [-0.4, -0.2) is 12.6 Å². The van der Waals surface area contributed by atoms with Gasteiger partial charge < -0.3 is 10.5 Å². The molecule has 16 heavy (non-hydrogen) atoms. The van der Waals surface area contributed by atoms with Gasteiger partial charge in [0.1, 0.15) is 0 Å². The molecule has 0 amide bonds. The van der Waals surface area contributed by atoms with E-state index in [1.807, 2.05) is 18.2 Å². The largest absolute Gasteiger partial charge is 0.466 e. The minimum atomic E-state index is -0.298. The van der Waals surface area contributed by atoms with Crippen molar-refractivity contribution >= 4 is 17.6 Å². The van der Waals surface area contributed by atoms with Gasteiger partial charge in [-0.3, -0.25) is 4.79 Å². The number of benzene rings is 1. The van der Waals surface area contributed by atoms with E-state index in [-0.39, 0.29) is 17.9 Å². The maximum Gasteiger partial charge on any atom is 0.311 e. The van der Waals surface area contributed by atoms with Crippen molar-refractivity contribution in [3.8, 4) is 0 Å². The number of halogens is 1. The molecule has 0 aromatic heterocycles. The Labute approximate surface area is 99.5 Å². The van der Waals surface area contributed by atoms with Gasteiger partial charge in [0.25, 0.3) is 0 Å². The molecule has 0 bridgehead atoms. The van der Waals surface area contributed by atoms with Gasteiger partial charge in [0.15, 0.2) is 0 Å². The molecule has 1 aliphatic carbocycles. The number of esters is 1. The molecule has 0 spiro atoms. The average Bonchev–Trinajstić information content (AvgIpc) is 2.59. The van der Waals surface area contributed by atoms with E-state index in [0.29, 0.717) is 18.1 Å². The smallest absolute Gasteiger partial charge is 0.311 e. The molecule has 1 aliphatic rings. The SMILES string of the molecule is CCOC(=O)C1Cc2c(Cl)cccc2C1N. The van der Waals surface area contributed by atoms with Gasteiger partial charge in [-0.15, -0.1) is 0 Å². The fourth-order valence-electron chi connectivity index (χ4n) is 2.15. The third kappa shape index (κ3) is 1.81. The van der Waals surface area contributed by atoms with Crippen molar-refractivity contribution in [3.63, 3.8) is 0 Å². The van der Waals surface area contributed by atoms with Crippen molar-refractivity contribution in [2.45, 2.75) is 19.4 Å². The molecule has 3 nitrogen and oxygen atoms in total. The number of carbonyl (C=O) groups excluding carboxylic acids is 1. The molecule has 1 aromatic rings. The monoisotopic (exact) mass is 239 g/mol. The highest BCUT2D eigenvalue weighted by Gasteiger charge is 2.36. The lowest BCUT2D eigenvalue weighted by atomic mass is 10.0. The molecule has 2 unspecified atom stereocenters. The van der Waals surface area contributed by atoms with E-state index in [9.17, 15) is 4.79 Å². The zero-order valence-corrected chi connectivity index (χ0v) is 9.83. The minimum Gasteiger partial charge on any atom is -0.466 e. The molecule has 0 saturated carbocycles. The number of rotatable bonds is 2. The Morgan fingerprint density at radius 2 is 2.38 bits per heavy atom. The lowest BCUT2D eigenvalue weighted by Crippen LogP contribution is -2.26. The number of carbonyl (C=O) groups is 1. The Morgan fingerprint density at radius 3 is 3.00 bits per heavy atom. The molecule has 0 saturated heterocycles. The molecule has 0 heterocycles. The molecule has 0 radical (unpaired) electrons. The molecular weight excluding hydrogens is 226 g/mol. The number of hydrogen-bond donors (Lipinski definition) is 1. The van der Waals surface area contributed by atoms with Crippen molar-refractivity contribution in [2.24, 2.45) is 11.7 Å². The van der Waals surface area contributed by atoms with Crippen LogP contribution >= 0.6 is 11.6 Å². The Bertz CT molecular complexity index is 419. The van der Waals surface area contributed by atoms with Crippen LogP contribution < -0.4 is 5.73 Å². The summed E-state index contributed by atoms with van der Waals surface area (Å²) in [5.74, 6) is -0.530. The second-order valence-electron chi connectivity index (χ2n) is 3.90. The van der Waals surface area contributed by atoms with Crippen molar-refractivity contribution in [3.05, 3.63) is 34.3 Å². The second-order valence-corrected chi connectivity index (χ2v) is 4.30. The Morgan fingerprint density at radius 1 is 1.62 bits per heavy atom. The number of ether oxygens (including phenoxy) is 1. The lowest BCUT2D eigenvalue weighted by Gasteiger charge is -2.13. The van der Waals surface area contributed by atoms with Gasteiger partial charge in [0, 0.05) is 11.1 Å². The molecular formula is C12H14ClNO2. The van der Waals surface area contributed by atoms with E-state index < -0.39 is 0 Å². The van der Waals surface area contributed by atoms with Crippen LogP contribution in [0.2, 0.25) is 5.02 Å². The number of nitrogens with two attached hydrogens (primary N) is 1. The summed E-state index contributed by atoms with van der Waals surface area (Å²) in [5.41, 5.74) is 7.98. The molecule has 2 N–H and O–H groups in total. The van der Waals surface area contributed by atoms with Crippen LogP contribution in [0.5, 0.6) is 0 Å². The molecule has 2 atom stereocenters. The topological polar surface area (TPSA) is 52.3 Å². The third-order valence-electron chi connectivity index (χ3n) is 2.96. The minimum absolute atomic E-state index is 0.234. The van der Waals surface area contributed by atoms with Gasteiger partial charge in [-0.05, 0) is 30.5 Å². The molecule has 86 valence electrons.